The second kappa shape index (κ2) is 4.86. The van der Waals surface area contributed by atoms with Gasteiger partial charge < -0.3 is 4.74 Å². The summed E-state index contributed by atoms with van der Waals surface area (Å²) in [5.74, 6) is 0.241. The van der Waals surface area contributed by atoms with Crippen molar-refractivity contribution in [1.29, 1.82) is 0 Å². The molecule has 90 valence electrons. The molecule has 1 atom stereocenters. The number of hydrogen-bond acceptors (Lipinski definition) is 3. The van der Waals surface area contributed by atoms with Gasteiger partial charge in [0.2, 0.25) is 5.91 Å². The van der Waals surface area contributed by atoms with Crippen LogP contribution in [0.1, 0.15) is 13.3 Å². The number of hydrogen-bond donors (Lipinski definition) is 1. The fourth-order valence-electron chi connectivity index (χ4n) is 1.58. The van der Waals surface area contributed by atoms with Crippen LogP contribution in [0.2, 0.25) is 0 Å². The van der Waals surface area contributed by atoms with Crippen LogP contribution in [0.25, 0.3) is 0 Å². The van der Waals surface area contributed by atoms with Crippen LogP contribution >= 0.6 is 0 Å². The standard InChI is InChI=1S/C12H14N2O3/c1-9-7-12(16)14(9)13-11(15)8-17-10-5-3-2-4-6-10/h2-6,9H,7-8H2,1H3,(H,13,15). The van der Waals surface area contributed by atoms with Crippen molar-refractivity contribution in [2.24, 2.45) is 0 Å². The van der Waals surface area contributed by atoms with Crippen molar-refractivity contribution in [2.75, 3.05) is 6.61 Å². The van der Waals surface area contributed by atoms with Crippen molar-refractivity contribution < 1.29 is 14.3 Å². The number of β-lactam (4-membered cyclic amide) rings is 1. The Kier molecular flexibility index (Phi) is 3.27. The van der Waals surface area contributed by atoms with Gasteiger partial charge in [0.15, 0.2) is 6.61 Å². The first-order valence-electron chi connectivity index (χ1n) is 5.46. The monoisotopic (exact) mass is 234 g/mol. The van der Waals surface area contributed by atoms with E-state index < -0.39 is 0 Å². The molecule has 1 heterocycles. The van der Waals surface area contributed by atoms with Crippen LogP contribution in [0.15, 0.2) is 30.3 Å². The van der Waals surface area contributed by atoms with Gasteiger partial charge in [-0.1, -0.05) is 18.2 Å². The van der Waals surface area contributed by atoms with Gasteiger partial charge in [0.05, 0.1) is 12.5 Å². The molecule has 1 fully saturated rings. The molecule has 0 saturated carbocycles. The van der Waals surface area contributed by atoms with Crippen LogP contribution in [-0.2, 0) is 9.59 Å². The van der Waals surface area contributed by atoms with Crippen molar-refractivity contribution in [3.63, 3.8) is 0 Å². The molecule has 0 radical (unpaired) electrons. The minimum atomic E-state index is -0.325. The van der Waals surface area contributed by atoms with E-state index in [1.54, 1.807) is 12.1 Å². The van der Waals surface area contributed by atoms with Gasteiger partial charge in [-0.15, -0.1) is 0 Å². The van der Waals surface area contributed by atoms with Crippen molar-refractivity contribution in [3.05, 3.63) is 30.3 Å². The van der Waals surface area contributed by atoms with Crippen LogP contribution in [-0.4, -0.2) is 29.5 Å². The molecule has 1 aromatic carbocycles. The zero-order chi connectivity index (χ0) is 12.3. The Bertz CT molecular complexity index is 419. The number of para-hydroxylation sites is 1. The lowest BCUT2D eigenvalue weighted by atomic mass is 10.1. The van der Waals surface area contributed by atoms with Crippen LogP contribution in [0.4, 0.5) is 0 Å². The van der Waals surface area contributed by atoms with E-state index in [2.05, 4.69) is 5.43 Å². The third kappa shape index (κ3) is 2.75. The van der Waals surface area contributed by atoms with Gasteiger partial charge in [-0.25, -0.2) is 0 Å². The number of carbonyl (C=O) groups is 2. The SMILES string of the molecule is CC1CC(=O)N1NC(=O)COc1ccccc1. The number of hydrazine groups is 1. The summed E-state index contributed by atoms with van der Waals surface area (Å²) in [5.41, 5.74) is 2.51. The summed E-state index contributed by atoms with van der Waals surface area (Å²) in [7, 11) is 0. The summed E-state index contributed by atoms with van der Waals surface area (Å²) in [6.07, 6.45) is 0.486. The summed E-state index contributed by atoms with van der Waals surface area (Å²) < 4.78 is 5.26. The molecule has 17 heavy (non-hydrogen) atoms. The first-order valence-corrected chi connectivity index (χ1v) is 5.46. The molecule has 1 aliphatic rings. The Morgan fingerprint density at radius 3 is 2.76 bits per heavy atom. The molecule has 1 aliphatic heterocycles. The van der Waals surface area contributed by atoms with E-state index in [0.29, 0.717) is 12.2 Å². The van der Waals surface area contributed by atoms with Gasteiger partial charge in [0.1, 0.15) is 5.75 Å². The number of ether oxygens (including phenoxy) is 1. The van der Waals surface area contributed by atoms with E-state index in [0.717, 1.165) is 0 Å². The van der Waals surface area contributed by atoms with E-state index in [1.807, 2.05) is 25.1 Å². The second-order valence-corrected chi connectivity index (χ2v) is 3.95. The predicted molar refractivity (Wildman–Crippen MR) is 61.0 cm³/mol. The van der Waals surface area contributed by atoms with E-state index in [1.165, 1.54) is 5.01 Å². The molecule has 5 nitrogen and oxygen atoms in total. The molecule has 0 aromatic heterocycles. The number of benzene rings is 1. The van der Waals surface area contributed by atoms with Crippen molar-refractivity contribution >= 4 is 11.8 Å². The Labute approximate surface area is 99.3 Å². The van der Waals surface area contributed by atoms with E-state index in [-0.39, 0.29) is 24.5 Å². The summed E-state index contributed by atoms with van der Waals surface area (Å²) in [4.78, 5) is 22.6. The molecule has 1 unspecified atom stereocenters. The molecule has 0 bridgehead atoms. The molecular weight excluding hydrogens is 220 g/mol. The van der Waals surface area contributed by atoms with Gasteiger partial charge in [0, 0.05) is 0 Å². The minimum absolute atomic E-state index is 0.0643. The summed E-state index contributed by atoms with van der Waals surface area (Å²) in [5, 5.41) is 1.33. The van der Waals surface area contributed by atoms with E-state index in [9.17, 15) is 9.59 Å². The Hall–Kier alpha value is -2.04. The summed E-state index contributed by atoms with van der Waals surface area (Å²) in [6.45, 7) is 1.78. The normalized spacial score (nSPS) is 18.5. The van der Waals surface area contributed by atoms with Crippen LogP contribution in [0.5, 0.6) is 5.75 Å². The van der Waals surface area contributed by atoms with Gasteiger partial charge >= 0.3 is 0 Å². The van der Waals surface area contributed by atoms with Gasteiger partial charge in [-0.3, -0.25) is 20.0 Å². The largest absolute Gasteiger partial charge is 0.484 e. The maximum atomic E-state index is 11.5. The molecule has 2 amide bonds. The maximum Gasteiger partial charge on any atom is 0.276 e. The lowest BCUT2D eigenvalue weighted by Gasteiger charge is -2.37. The Balaban J connectivity index is 1.76. The maximum absolute atomic E-state index is 11.5. The second-order valence-electron chi connectivity index (χ2n) is 3.95. The predicted octanol–water partition coefficient (Wildman–Crippen LogP) is 0.717. The third-order valence-electron chi connectivity index (χ3n) is 2.54. The first kappa shape index (κ1) is 11.4. The number of nitrogens with one attached hydrogen (secondary N) is 1. The summed E-state index contributed by atoms with van der Waals surface area (Å²) in [6, 6.07) is 9.13. The molecular formula is C12H14N2O3. The smallest absolute Gasteiger partial charge is 0.276 e. The fraction of sp³-hybridized carbons (Fsp3) is 0.333. The highest BCUT2D eigenvalue weighted by Crippen LogP contribution is 2.14. The molecule has 2 rings (SSSR count). The Morgan fingerprint density at radius 2 is 2.18 bits per heavy atom. The number of amides is 2. The highest BCUT2D eigenvalue weighted by atomic mass is 16.5. The fourth-order valence-corrected chi connectivity index (χ4v) is 1.58. The average molecular weight is 234 g/mol. The van der Waals surface area contributed by atoms with Crippen LogP contribution in [0, 0.1) is 0 Å². The van der Waals surface area contributed by atoms with Crippen molar-refractivity contribution in [3.8, 4) is 5.75 Å². The van der Waals surface area contributed by atoms with E-state index >= 15 is 0 Å². The van der Waals surface area contributed by atoms with Gasteiger partial charge in [-0.2, -0.15) is 0 Å². The molecule has 0 aliphatic carbocycles. The van der Waals surface area contributed by atoms with Crippen LogP contribution < -0.4 is 10.2 Å². The van der Waals surface area contributed by atoms with Crippen LogP contribution in [0.3, 0.4) is 0 Å². The van der Waals surface area contributed by atoms with Gasteiger partial charge in [-0.05, 0) is 19.1 Å². The lowest BCUT2D eigenvalue weighted by molar-refractivity contribution is -0.156. The van der Waals surface area contributed by atoms with Gasteiger partial charge in [0.25, 0.3) is 5.91 Å². The quantitative estimate of drug-likeness (QED) is 0.781. The number of nitrogens with zero attached hydrogens (tertiary/aromatic N) is 1. The molecule has 1 N–H and O–H groups in total. The van der Waals surface area contributed by atoms with Crippen molar-refractivity contribution in [1.82, 2.24) is 10.4 Å². The zero-order valence-corrected chi connectivity index (χ0v) is 9.55. The first-order chi connectivity index (χ1) is 8.16. The lowest BCUT2D eigenvalue weighted by Crippen LogP contribution is -2.60. The molecule has 0 spiro atoms. The minimum Gasteiger partial charge on any atom is -0.484 e. The third-order valence-corrected chi connectivity index (χ3v) is 2.54. The molecule has 5 heteroatoms. The number of rotatable bonds is 4. The van der Waals surface area contributed by atoms with E-state index in [4.69, 9.17) is 4.74 Å². The summed E-state index contributed by atoms with van der Waals surface area (Å²) >= 11 is 0. The average Bonchev–Trinajstić information content (AvgIpc) is 2.35. The Morgan fingerprint density at radius 1 is 1.47 bits per heavy atom. The highest BCUT2D eigenvalue weighted by Gasteiger charge is 2.33. The molecule has 1 saturated heterocycles. The highest BCUT2D eigenvalue weighted by molar-refractivity contribution is 5.87. The zero-order valence-electron chi connectivity index (χ0n) is 9.55. The number of carbonyl (C=O) groups excluding carboxylic acids is 2. The van der Waals surface area contributed by atoms with Crippen molar-refractivity contribution in [2.45, 2.75) is 19.4 Å². The molecule has 1 aromatic rings. The topological polar surface area (TPSA) is 58.6 Å².